The second-order valence-corrected chi connectivity index (χ2v) is 8.37. The minimum absolute atomic E-state index is 0.333. The number of nitrogens with zero attached hydrogens (tertiary/aromatic N) is 2. The van der Waals surface area contributed by atoms with Gasteiger partial charge in [-0.3, -0.25) is 4.57 Å². The van der Waals surface area contributed by atoms with Gasteiger partial charge in [0.25, 0.3) is 0 Å². The Labute approximate surface area is 196 Å². The average molecular weight is 467 g/mol. The smallest absolute Gasteiger partial charge is 0.338 e. The van der Waals surface area contributed by atoms with Crippen molar-refractivity contribution in [1.29, 1.82) is 0 Å². The maximum absolute atomic E-state index is 12.2. The van der Waals surface area contributed by atoms with Gasteiger partial charge < -0.3 is 9.47 Å². The number of halogens is 1. The Morgan fingerprint density at radius 2 is 1.75 bits per heavy atom. The monoisotopic (exact) mass is 466 g/mol. The molecule has 0 N–H and O–H groups in total. The molecule has 1 aromatic heterocycles. The highest BCUT2D eigenvalue weighted by molar-refractivity contribution is 7.98. The summed E-state index contributed by atoms with van der Waals surface area (Å²) in [5.41, 5.74) is 4.27. The zero-order chi connectivity index (χ0) is 22.5. The van der Waals surface area contributed by atoms with E-state index in [0.29, 0.717) is 23.8 Å². The number of hydrogen-bond donors (Lipinski definition) is 0. The molecule has 0 aliphatic heterocycles. The van der Waals surface area contributed by atoms with E-state index >= 15 is 0 Å². The van der Waals surface area contributed by atoms with E-state index in [1.807, 2.05) is 61.5 Å². The molecule has 0 saturated carbocycles. The Balaban J connectivity index is 1.73. The molecule has 164 valence electrons. The van der Waals surface area contributed by atoms with Crippen molar-refractivity contribution in [3.05, 3.63) is 82.9 Å². The summed E-state index contributed by atoms with van der Waals surface area (Å²) in [6, 6.07) is 21.2. The van der Waals surface area contributed by atoms with Gasteiger partial charge in [-0.2, -0.15) is 0 Å². The number of benzene rings is 3. The first-order chi connectivity index (χ1) is 15.6. The van der Waals surface area contributed by atoms with E-state index in [9.17, 15) is 4.79 Å². The van der Waals surface area contributed by atoms with Crippen LogP contribution in [0.4, 0.5) is 0 Å². The van der Waals surface area contributed by atoms with Crippen LogP contribution >= 0.6 is 23.4 Å². The van der Waals surface area contributed by atoms with Gasteiger partial charge in [-0.15, -0.1) is 0 Å². The number of imidazole rings is 1. The summed E-state index contributed by atoms with van der Waals surface area (Å²) in [6.07, 6.45) is 0. The predicted molar refractivity (Wildman–Crippen MR) is 129 cm³/mol. The van der Waals surface area contributed by atoms with E-state index in [1.54, 1.807) is 30.8 Å². The molecular formula is C25H23ClN2O3S. The molecule has 0 fully saturated rings. The molecular weight excluding hydrogens is 444 g/mol. The third-order valence-corrected chi connectivity index (χ3v) is 6.08. The fourth-order valence-electron chi connectivity index (χ4n) is 3.33. The van der Waals surface area contributed by atoms with Crippen LogP contribution in [0.25, 0.3) is 16.7 Å². The molecule has 3 aromatic carbocycles. The normalized spacial score (nSPS) is 11.0. The fourth-order valence-corrected chi connectivity index (χ4v) is 4.44. The number of carbonyl (C=O) groups is 1. The van der Waals surface area contributed by atoms with Crippen molar-refractivity contribution in [3.63, 3.8) is 0 Å². The highest BCUT2D eigenvalue weighted by Crippen LogP contribution is 2.31. The van der Waals surface area contributed by atoms with E-state index in [-0.39, 0.29) is 5.97 Å². The lowest BCUT2D eigenvalue weighted by Gasteiger charge is -2.11. The van der Waals surface area contributed by atoms with Crippen LogP contribution in [0, 0.1) is 0 Å². The summed E-state index contributed by atoms with van der Waals surface area (Å²) < 4.78 is 12.8. The predicted octanol–water partition coefficient (Wildman–Crippen LogP) is 6.55. The quantitative estimate of drug-likeness (QED) is 0.218. The third-order valence-electron chi connectivity index (χ3n) is 4.82. The summed E-state index contributed by atoms with van der Waals surface area (Å²) in [4.78, 5) is 17.0. The van der Waals surface area contributed by atoms with Gasteiger partial charge in [-0.25, -0.2) is 9.78 Å². The van der Waals surface area contributed by atoms with Crippen molar-refractivity contribution in [3.8, 4) is 11.4 Å². The molecule has 0 radical (unpaired) electrons. The summed E-state index contributed by atoms with van der Waals surface area (Å²) in [5.74, 6) is 1.21. The number of ether oxygens (including phenoxy) is 2. The van der Waals surface area contributed by atoms with Crippen molar-refractivity contribution in [2.45, 2.75) is 24.8 Å². The first-order valence-electron chi connectivity index (χ1n) is 10.4. The minimum Gasteiger partial charge on any atom is -0.494 e. The first-order valence-corrected chi connectivity index (χ1v) is 11.8. The second kappa shape index (κ2) is 10.1. The van der Waals surface area contributed by atoms with E-state index in [4.69, 9.17) is 26.1 Å². The van der Waals surface area contributed by atoms with E-state index < -0.39 is 0 Å². The molecule has 0 aliphatic carbocycles. The zero-order valence-corrected chi connectivity index (χ0v) is 19.4. The topological polar surface area (TPSA) is 53.3 Å². The van der Waals surface area contributed by atoms with Gasteiger partial charge in [0.15, 0.2) is 5.16 Å². The maximum atomic E-state index is 12.2. The summed E-state index contributed by atoms with van der Waals surface area (Å²) in [6.45, 7) is 4.71. The molecule has 0 amide bonds. The van der Waals surface area contributed by atoms with Crippen LogP contribution in [0.1, 0.15) is 29.8 Å². The van der Waals surface area contributed by atoms with Crippen molar-refractivity contribution in [2.75, 3.05) is 13.2 Å². The number of esters is 1. The van der Waals surface area contributed by atoms with Gasteiger partial charge in [0.1, 0.15) is 5.75 Å². The van der Waals surface area contributed by atoms with Crippen LogP contribution in [0.3, 0.4) is 0 Å². The summed E-state index contributed by atoms with van der Waals surface area (Å²) in [7, 11) is 0. The Morgan fingerprint density at radius 1 is 1.00 bits per heavy atom. The van der Waals surface area contributed by atoms with Gasteiger partial charge in [0.05, 0.1) is 29.8 Å². The van der Waals surface area contributed by atoms with E-state index in [0.717, 1.165) is 38.9 Å². The van der Waals surface area contributed by atoms with Gasteiger partial charge in [0, 0.05) is 16.5 Å². The Bertz CT molecular complexity index is 1220. The number of carbonyl (C=O) groups excluding carboxylic acids is 1. The SMILES string of the molecule is CCOC(=O)c1ccc2c(c1)nc(SCc1ccc(Cl)cc1)n2-c1ccc(OCC)cc1. The highest BCUT2D eigenvalue weighted by atomic mass is 35.5. The summed E-state index contributed by atoms with van der Waals surface area (Å²) in [5, 5.41) is 1.55. The van der Waals surface area contributed by atoms with Crippen LogP contribution < -0.4 is 4.74 Å². The van der Waals surface area contributed by atoms with E-state index in [1.165, 1.54) is 0 Å². The zero-order valence-electron chi connectivity index (χ0n) is 17.9. The third kappa shape index (κ3) is 4.92. The van der Waals surface area contributed by atoms with E-state index in [2.05, 4.69) is 4.57 Å². The van der Waals surface area contributed by atoms with Crippen molar-refractivity contribution in [2.24, 2.45) is 0 Å². The van der Waals surface area contributed by atoms with Crippen LogP contribution in [0.5, 0.6) is 5.75 Å². The lowest BCUT2D eigenvalue weighted by Crippen LogP contribution is -2.04. The first kappa shape index (κ1) is 22.2. The molecule has 0 aliphatic rings. The molecule has 5 nitrogen and oxygen atoms in total. The van der Waals surface area contributed by atoms with Gasteiger partial charge in [-0.1, -0.05) is 35.5 Å². The van der Waals surface area contributed by atoms with Crippen LogP contribution in [-0.4, -0.2) is 28.7 Å². The highest BCUT2D eigenvalue weighted by Gasteiger charge is 2.16. The molecule has 32 heavy (non-hydrogen) atoms. The van der Waals surface area contributed by atoms with Crippen molar-refractivity contribution < 1.29 is 14.3 Å². The average Bonchev–Trinajstić information content (AvgIpc) is 3.17. The van der Waals surface area contributed by atoms with Gasteiger partial charge in [-0.05, 0) is 74.0 Å². The van der Waals surface area contributed by atoms with Gasteiger partial charge in [0.2, 0.25) is 0 Å². The lowest BCUT2D eigenvalue weighted by molar-refractivity contribution is 0.0526. The van der Waals surface area contributed by atoms with Crippen molar-refractivity contribution in [1.82, 2.24) is 9.55 Å². The maximum Gasteiger partial charge on any atom is 0.338 e. The van der Waals surface area contributed by atoms with Crippen LogP contribution in [-0.2, 0) is 10.5 Å². The molecule has 0 atom stereocenters. The lowest BCUT2D eigenvalue weighted by atomic mass is 10.2. The molecule has 1 heterocycles. The Morgan fingerprint density at radius 3 is 2.44 bits per heavy atom. The number of rotatable bonds is 8. The molecule has 4 rings (SSSR count). The van der Waals surface area contributed by atoms with Crippen LogP contribution in [0.2, 0.25) is 5.02 Å². The van der Waals surface area contributed by atoms with Crippen LogP contribution in [0.15, 0.2) is 71.9 Å². The number of hydrogen-bond acceptors (Lipinski definition) is 5. The number of aromatic nitrogens is 2. The summed E-state index contributed by atoms with van der Waals surface area (Å²) >= 11 is 7.64. The second-order valence-electron chi connectivity index (χ2n) is 7.00. The molecule has 7 heteroatoms. The standard InChI is InChI=1S/C25H23ClN2O3S/c1-3-30-21-12-10-20(11-13-21)28-23-14-7-18(24(29)31-4-2)15-22(23)27-25(28)32-16-17-5-8-19(26)9-6-17/h5-15H,3-4,16H2,1-2H3. The molecule has 0 bridgehead atoms. The van der Waals surface area contributed by atoms with Gasteiger partial charge >= 0.3 is 5.97 Å². The number of fused-ring (bicyclic) bond motifs is 1. The Hall–Kier alpha value is -2.96. The Kier molecular flexibility index (Phi) is 7.02. The molecule has 0 saturated heterocycles. The molecule has 0 unspecified atom stereocenters. The molecule has 0 spiro atoms. The minimum atomic E-state index is -0.347. The van der Waals surface area contributed by atoms with Crippen molar-refractivity contribution >= 4 is 40.4 Å². The largest absolute Gasteiger partial charge is 0.494 e. The number of thioether (sulfide) groups is 1. The molecule has 4 aromatic rings. The fraction of sp³-hybridized carbons (Fsp3) is 0.200.